The normalized spacial score (nSPS) is 13.5. The van der Waals surface area contributed by atoms with Gasteiger partial charge in [0.25, 0.3) is 0 Å². The highest BCUT2D eigenvalue weighted by atomic mass is 35.5. The van der Waals surface area contributed by atoms with Gasteiger partial charge in [0, 0.05) is 12.4 Å². The maximum Gasteiger partial charge on any atom is 0.358 e. The summed E-state index contributed by atoms with van der Waals surface area (Å²) < 4.78 is 23.6. The summed E-state index contributed by atoms with van der Waals surface area (Å²) in [7, 11) is -3.49. The Hall–Kier alpha value is -1.47. The highest BCUT2D eigenvalue weighted by Gasteiger charge is 2.25. The van der Waals surface area contributed by atoms with Gasteiger partial charge >= 0.3 is 13.5 Å². The molecule has 0 aliphatic rings. The fraction of sp³-hybridized carbons (Fsp3) is 0.364. The Bertz CT molecular complexity index is 690. The Kier molecular flexibility index (Phi) is 5.86. The summed E-state index contributed by atoms with van der Waals surface area (Å²) in [4.78, 5) is 19.6. The molecular formula is C11H16ClN4O4P. The Labute approximate surface area is 127 Å². The van der Waals surface area contributed by atoms with Crippen LogP contribution in [0.1, 0.15) is 24.3 Å². The Morgan fingerprint density at radius 2 is 2.14 bits per heavy atom. The molecule has 0 spiro atoms. The third-order valence-corrected chi connectivity index (χ3v) is 4.12. The first-order chi connectivity index (χ1) is 9.49. The average Bonchev–Trinajstić information content (AvgIpc) is 2.82. The predicted molar refractivity (Wildman–Crippen MR) is 79.2 cm³/mol. The standard InChI is InChI=1S/C11H15N4O4P.ClH/c1-3-18-10(16)8-7-15-9(20(12,17)19-4-2)5-6-13-11(15)14-8;/h5-7H,3-4H2,1-2H3,(H2,12,17);1H. The molecule has 2 aromatic heterocycles. The van der Waals surface area contributed by atoms with Gasteiger partial charge < -0.3 is 9.26 Å². The molecule has 8 nitrogen and oxygen atoms in total. The van der Waals surface area contributed by atoms with Gasteiger partial charge in [-0.05, 0) is 19.9 Å². The molecule has 0 bridgehead atoms. The predicted octanol–water partition coefficient (Wildman–Crippen LogP) is 1.14. The van der Waals surface area contributed by atoms with Crippen molar-refractivity contribution in [1.29, 1.82) is 0 Å². The molecule has 0 aromatic carbocycles. The number of imidazole rings is 1. The van der Waals surface area contributed by atoms with Gasteiger partial charge in [-0.15, -0.1) is 12.4 Å². The quantitative estimate of drug-likeness (QED) is 0.645. The molecule has 0 saturated carbocycles. The molecule has 116 valence electrons. The van der Waals surface area contributed by atoms with Crippen LogP contribution in [0, 0.1) is 0 Å². The lowest BCUT2D eigenvalue weighted by Gasteiger charge is -2.13. The number of ether oxygens (including phenoxy) is 1. The number of hydrogen-bond donors (Lipinski definition) is 1. The number of halogens is 1. The van der Waals surface area contributed by atoms with E-state index in [4.69, 9.17) is 14.8 Å². The van der Waals surface area contributed by atoms with Gasteiger partial charge in [-0.3, -0.25) is 14.5 Å². The SMILES string of the molecule is CCOC(=O)c1cn2c(P(N)(=O)OCC)ccnc2n1.Cl. The van der Waals surface area contributed by atoms with Gasteiger partial charge in [0.05, 0.1) is 13.2 Å². The van der Waals surface area contributed by atoms with E-state index in [0.29, 0.717) is 0 Å². The molecule has 0 aliphatic carbocycles. The number of rotatable bonds is 5. The smallest absolute Gasteiger partial charge is 0.358 e. The van der Waals surface area contributed by atoms with E-state index in [0.717, 1.165) is 0 Å². The lowest BCUT2D eigenvalue weighted by Crippen LogP contribution is -2.21. The molecule has 0 amide bonds. The van der Waals surface area contributed by atoms with E-state index in [-0.39, 0.29) is 42.5 Å². The zero-order valence-corrected chi connectivity index (χ0v) is 13.3. The van der Waals surface area contributed by atoms with Crippen molar-refractivity contribution in [3.05, 3.63) is 24.2 Å². The monoisotopic (exact) mass is 334 g/mol. The first kappa shape index (κ1) is 17.6. The number of fused-ring (bicyclic) bond motifs is 1. The van der Waals surface area contributed by atoms with Crippen LogP contribution in [0.15, 0.2) is 18.5 Å². The molecule has 0 saturated heterocycles. The summed E-state index contributed by atoms with van der Waals surface area (Å²) in [5, 5.41) is 0. The number of carbonyl (C=O) groups excluding carboxylic acids is 1. The number of carbonyl (C=O) groups is 1. The van der Waals surface area contributed by atoms with E-state index in [1.165, 1.54) is 22.9 Å². The van der Waals surface area contributed by atoms with E-state index in [2.05, 4.69) is 9.97 Å². The van der Waals surface area contributed by atoms with Crippen molar-refractivity contribution in [3.8, 4) is 0 Å². The molecule has 0 radical (unpaired) electrons. The average molecular weight is 335 g/mol. The second-order valence-electron chi connectivity index (χ2n) is 3.83. The summed E-state index contributed by atoms with van der Waals surface area (Å²) in [6.07, 6.45) is 2.79. The Morgan fingerprint density at radius 1 is 1.43 bits per heavy atom. The molecule has 0 aliphatic heterocycles. The maximum atomic E-state index is 12.3. The summed E-state index contributed by atoms with van der Waals surface area (Å²) >= 11 is 0. The van der Waals surface area contributed by atoms with Crippen molar-refractivity contribution in [1.82, 2.24) is 14.4 Å². The number of hydrogen-bond acceptors (Lipinski definition) is 6. The van der Waals surface area contributed by atoms with Crippen molar-refractivity contribution in [2.75, 3.05) is 13.2 Å². The fourth-order valence-electron chi connectivity index (χ4n) is 1.70. The van der Waals surface area contributed by atoms with Crippen LogP contribution in [0.25, 0.3) is 5.78 Å². The lowest BCUT2D eigenvalue weighted by molar-refractivity contribution is 0.0520. The van der Waals surface area contributed by atoms with Gasteiger partial charge in [0.15, 0.2) is 5.69 Å². The molecule has 10 heteroatoms. The number of aromatic nitrogens is 3. The van der Waals surface area contributed by atoms with Crippen LogP contribution in [0.5, 0.6) is 0 Å². The van der Waals surface area contributed by atoms with E-state index in [1.807, 2.05) is 0 Å². The van der Waals surface area contributed by atoms with Crippen molar-refractivity contribution < 1.29 is 18.6 Å². The van der Waals surface area contributed by atoms with E-state index >= 15 is 0 Å². The highest BCUT2D eigenvalue weighted by molar-refractivity contribution is 7.64. The van der Waals surface area contributed by atoms with Crippen LogP contribution in [-0.4, -0.2) is 33.6 Å². The summed E-state index contributed by atoms with van der Waals surface area (Å²) in [6.45, 7) is 3.83. The van der Waals surface area contributed by atoms with Crippen LogP contribution < -0.4 is 10.9 Å². The maximum absolute atomic E-state index is 12.3. The topological polar surface area (TPSA) is 109 Å². The van der Waals surface area contributed by atoms with Crippen LogP contribution in [0.4, 0.5) is 0 Å². The number of nitrogens with zero attached hydrogens (tertiary/aromatic N) is 3. The highest BCUT2D eigenvalue weighted by Crippen LogP contribution is 2.35. The molecule has 1 atom stereocenters. The van der Waals surface area contributed by atoms with Crippen molar-refractivity contribution in [2.45, 2.75) is 13.8 Å². The van der Waals surface area contributed by atoms with E-state index in [9.17, 15) is 9.36 Å². The summed E-state index contributed by atoms with van der Waals surface area (Å²) in [5.41, 5.74) is 5.99. The number of esters is 1. The molecule has 2 heterocycles. The zero-order chi connectivity index (χ0) is 14.8. The fourth-order valence-corrected chi connectivity index (χ4v) is 2.93. The van der Waals surface area contributed by atoms with Gasteiger partial charge in [0.1, 0.15) is 5.44 Å². The third kappa shape index (κ3) is 3.59. The van der Waals surface area contributed by atoms with Crippen LogP contribution in [0.2, 0.25) is 0 Å². The number of nitrogens with two attached hydrogens (primary N) is 1. The van der Waals surface area contributed by atoms with Gasteiger partial charge in [-0.25, -0.2) is 14.8 Å². The van der Waals surface area contributed by atoms with Crippen LogP contribution in [-0.2, 0) is 13.8 Å². The van der Waals surface area contributed by atoms with Gasteiger partial charge in [-0.2, -0.15) is 0 Å². The molecule has 2 aromatic rings. The van der Waals surface area contributed by atoms with Gasteiger partial charge in [0.2, 0.25) is 5.78 Å². The molecule has 2 rings (SSSR count). The second-order valence-corrected chi connectivity index (χ2v) is 5.74. The Balaban J connectivity index is 0.00000220. The minimum atomic E-state index is -3.49. The second kappa shape index (κ2) is 7.00. The van der Waals surface area contributed by atoms with Gasteiger partial charge in [-0.1, -0.05) is 0 Å². The molecule has 1 unspecified atom stereocenters. The minimum absolute atomic E-state index is 0. The van der Waals surface area contributed by atoms with Crippen LogP contribution in [0.3, 0.4) is 0 Å². The molecule has 2 N–H and O–H groups in total. The van der Waals surface area contributed by atoms with E-state index < -0.39 is 13.5 Å². The van der Waals surface area contributed by atoms with Crippen LogP contribution >= 0.6 is 19.9 Å². The van der Waals surface area contributed by atoms with Crippen molar-refractivity contribution in [3.63, 3.8) is 0 Å². The summed E-state index contributed by atoms with van der Waals surface area (Å²) in [5.74, 6) is -0.372. The first-order valence-corrected chi connectivity index (χ1v) is 7.74. The minimum Gasteiger partial charge on any atom is -0.461 e. The summed E-state index contributed by atoms with van der Waals surface area (Å²) in [6, 6.07) is 1.47. The van der Waals surface area contributed by atoms with Crippen molar-refractivity contribution >= 4 is 37.1 Å². The molecular weight excluding hydrogens is 319 g/mol. The third-order valence-electron chi connectivity index (χ3n) is 2.47. The first-order valence-electron chi connectivity index (χ1n) is 6.04. The zero-order valence-electron chi connectivity index (χ0n) is 11.6. The largest absolute Gasteiger partial charge is 0.461 e. The van der Waals surface area contributed by atoms with E-state index in [1.54, 1.807) is 13.8 Å². The Morgan fingerprint density at radius 3 is 2.76 bits per heavy atom. The molecule has 21 heavy (non-hydrogen) atoms. The lowest BCUT2D eigenvalue weighted by atomic mass is 10.5. The van der Waals surface area contributed by atoms with Crippen molar-refractivity contribution in [2.24, 2.45) is 5.50 Å². The molecule has 0 fully saturated rings.